The Labute approximate surface area is 127 Å². The number of hydrogen-bond acceptors (Lipinski definition) is 2. The zero-order valence-corrected chi connectivity index (χ0v) is 13.1. The molecule has 21 heavy (non-hydrogen) atoms. The summed E-state index contributed by atoms with van der Waals surface area (Å²) in [7, 11) is 0. The number of fused-ring (bicyclic) bond motifs is 5. The molecule has 114 valence electrons. The molecule has 0 spiro atoms. The molecule has 4 rings (SSSR count). The third-order valence-corrected chi connectivity index (χ3v) is 7.24. The maximum atomic E-state index is 12.7. The van der Waals surface area contributed by atoms with Crippen molar-refractivity contribution in [3.63, 3.8) is 0 Å². The zero-order valence-electron chi connectivity index (χ0n) is 13.1. The average molecular weight is 286 g/mol. The Hall–Kier alpha value is -0.890. The largest absolute Gasteiger partial charge is 0.389 e. The third-order valence-electron chi connectivity index (χ3n) is 7.24. The second-order valence-electron chi connectivity index (χ2n) is 8.29. The van der Waals surface area contributed by atoms with Crippen molar-refractivity contribution < 1.29 is 9.90 Å². The highest BCUT2D eigenvalue weighted by molar-refractivity contribution is 5.98. The van der Waals surface area contributed by atoms with E-state index in [0.29, 0.717) is 35.4 Å². The van der Waals surface area contributed by atoms with Crippen molar-refractivity contribution >= 4 is 5.78 Å². The van der Waals surface area contributed by atoms with Gasteiger partial charge < -0.3 is 5.11 Å². The maximum absolute atomic E-state index is 12.7. The van der Waals surface area contributed by atoms with Crippen molar-refractivity contribution in [2.24, 2.45) is 28.6 Å². The topological polar surface area (TPSA) is 37.3 Å². The second kappa shape index (κ2) is 4.32. The van der Waals surface area contributed by atoms with E-state index < -0.39 is 6.10 Å². The van der Waals surface area contributed by atoms with Gasteiger partial charge in [0.05, 0.1) is 6.10 Å². The maximum Gasteiger partial charge on any atom is 0.159 e. The Balaban J connectivity index is 1.74. The van der Waals surface area contributed by atoms with Gasteiger partial charge in [-0.3, -0.25) is 4.79 Å². The summed E-state index contributed by atoms with van der Waals surface area (Å²) in [6, 6.07) is 0. The molecule has 0 aromatic rings. The van der Waals surface area contributed by atoms with Gasteiger partial charge in [0, 0.05) is 6.42 Å². The fraction of sp³-hybridized carbons (Fsp3) is 0.737. The van der Waals surface area contributed by atoms with Gasteiger partial charge in [-0.1, -0.05) is 26.0 Å². The molecule has 0 heterocycles. The van der Waals surface area contributed by atoms with Crippen LogP contribution < -0.4 is 0 Å². The molecular weight excluding hydrogens is 260 g/mol. The van der Waals surface area contributed by atoms with E-state index in [1.165, 1.54) is 12.8 Å². The monoisotopic (exact) mass is 286 g/mol. The van der Waals surface area contributed by atoms with E-state index in [4.69, 9.17) is 0 Å². The summed E-state index contributed by atoms with van der Waals surface area (Å²) in [6.07, 6.45) is 12.4. The summed E-state index contributed by atoms with van der Waals surface area (Å²) in [5.41, 5.74) is 1.30. The average Bonchev–Trinajstić information content (AvgIpc) is 2.83. The van der Waals surface area contributed by atoms with E-state index in [-0.39, 0.29) is 5.41 Å². The van der Waals surface area contributed by atoms with Crippen molar-refractivity contribution in [2.75, 3.05) is 0 Å². The molecule has 4 aliphatic rings. The van der Waals surface area contributed by atoms with Crippen molar-refractivity contribution in [1.82, 2.24) is 0 Å². The number of aliphatic hydroxyl groups is 1. The quantitative estimate of drug-likeness (QED) is 0.690. The molecule has 4 aliphatic carbocycles. The highest BCUT2D eigenvalue weighted by Gasteiger charge is 2.57. The first kappa shape index (κ1) is 13.8. The molecule has 2 heteroatoms. The van der Waals surface area contributed by atoms with Gasteiger partial charge in [0.25, 0.3) is 0 Å². The van der Waals surface area contributed by atoms with Crippen LogP contribution in [0.5, 0.6) is 0 Å². The number of carbonyl (C=O) groups is 1. The number of ketones is 1. The molecule has 2 fully saturated rings. The van der Waals surface area contributed by atoms with Crippen LogP contribution in [0, 0.1) is 28.6 Å². The standard InChI is InChI=1S/C19H26O2/c1-18-7-3-4-14(18)13-11-17(21)16-10-12(20)5-9-19(16,2)15(13)6-8-18/h3,7,10,12-15,20H,4-6,8-9,11H2,1-2H3/t12-,13?,14?,15?,18-,19+/m0/s1. The second-order valence-corrected chi connectivity index (χ2v) is 8.29. The minimum atomic E-state index is -0.407. The first-order chi connectivity index (χ1) is 9.94. The SMILES string of the molecule is C[C@@]12C=CCC1C1CC(=O)C3=C[C@@H](O)CC[C@]3(C)C1CC2. The fourth-order valence-electron chi connectivity index (χ4n) is 6.01. The van der Waals surface area contributed by atoms with Crippen LogP contribution in [0.3, 0.4) is 0 Å². The summed E-state index contributed by atoms with van der Waals surface area (Å²) in [4.78, 5) is 12.7. The minimum absolute atomic E-state index is 0.0170. The van der Waals surface area contributed by atoms with Gasteiger partial charge in [0.1, 0.15) is 0 Å². The van der Waals surface area contributed by atoms with Crippen LogP contribution in [-0.4, -0.2) is 17.0 Å². The molecule has 0 amide bonds. The number of aliphatic hydroxyl groups excluding tert-OH is 1. The lowest BCUT2D eigenvalue weighted by Crippen LogP contribution is -2.52. The van der Waals surface area contributed by atoms with Crippen LogP contribution in [0.2, 0.25) is 0 Å². The highest BCUT2D eigenvalue weighted by atomic mass is 16.3. The number of rotatable bonds is 0. The van der Waals surface area contributed by atoms with Gasteiger partial charge in [-0.05, 0) is 72.3 Å². The van der Waals surface area contributed by atoms with Crippen molar-refractivity contribution in [3.8, 4) is 0 Å². The van der Waals surface area contributed by atoms with Gasteiger partial charge >= 0.3 is 0 Å². The molecule has 2 saturated carbocycles. The number of carbonyl (C=O) groups excluding carboxylic acids is 1. The summed E-state index contributed by atoms with van der Waals surface area (Å²) < 4.78 is 0. The normalized spacial score (nSPS) is 52.0. The minimum Gasteiger partial charge on any atom is -0.389 e. The molecule has 3 unspecified atom stereocenters. The molecule has 0 bridgehead atoms. The Morgan fingerprint density at radius 2 is 2.00 bits per heavy atom. The molecule has 0 aromatic carbocycles. The van der Waals surface area contributed by atoms with E-state index in [9.17, 15) is 9.90 Å². The van der Waals surface area contributed by atoms with Gasteiger partial charge in [-0.25, -0.2) is 0 Å². The van der Waals surface area contributed by atoms with Crippen molar-refractivity contribution in [3.05, 3.63) is 23.8 Å². The van der Waals surface area contributed by atoms with E-state index in [1.54, 1.807) is 0 Å². The molecule has 0 aromatic heterocycles. The lowest BCUT2D eigenvalue weighted by atomic mass is 9.47. The predicted octanol–water partition coefficient (Wildman–Crippen LogP) is 3.66. The van der Waals surface area contributed by atoms with E-state index in [0.717, 1.165) is 24.8 Å². The van der Waals surface area contributed by atoms with E-state index in [1.807, 2.05) is 6.08 Å². The summed E-state index contributed by atoms with van der Waals surface area (Å²) in [6.45, 7) is 4.69. The van der Waals surface area contributed by atoms with Crippen LogP contribution in [0.15, 0.2) is 23.8 Å². The number of Topliss-reactive ketones (excluding diaryl/α,β-unsaturated/α-hetero) is 1. The summed E-state index contributed by atoms with van der Waals surface area (Å²) in [5.74, 6) is 2.15. The lowest BCUT2D eigenvalue weighted by molar-refractivity contribution is -0.127. The lowest BCUT2D eigenvalue weighted by Gasteiger charge is -2.56. The first-order valence-corrected chi connectivity index (χ1v) is 8.55. The molecule has 0 aliphatic heterocycles. The molecule has 2 nitrogen and oxygen atoms in total. The third kappa shape index (κ3) is 1.78. The molecule has 0 saturated heterocycles. The first-order valence-electron chi connectivity index (χ1n) is 8.55. The van der Waals surface area contributed by atoms with Gasteiger partial charge in [0.2, 0.25) is 0 Å². The smallest absolute Gasteiger partial charge is 0.159 e. The Morgan fingerprint density at radius 1 is 1.19 bits per heavy atom. The summed E-state index contributed by atoms with van der Waals surface area (Å²) in [5, 5.41) is 9.93. The molecule has 6 atom stereocenters. The van der Waals surface area contributed by atoms with Gasteiger partial charge in [-0.15, -0.1) is 0 Å². The van der Waals surface area contributed by atoms with Crippen LogP contribution in [0.1, 0.15) is 52.4 Å². The van der Waals surface area contributed by atoms with E-state index >= 15 is 0 Å². The van der Waals surface area contributed by atoms with Gasteiger partial charge in [0.15, 0.2) is 5.78 Å². The Kier molecular flexibility index (Phi) is 2.83. The fourth-order valence-corrected chi connectivity index (χ4v) is 6.01. The summed E-state index contributed by atoms with van der Waals surface area (Å²) >= 11 is 0. The van der Waals surface area contributed by atoms with E-state index in [2.05, 4.69) is 26.0 Å². The molecule has 1 N–H and O–H groups in total. The van der Waals surface area contributed by atoms with Crippen LogP contribution in [-0.2, 0) is 4.79 Å². The Bertz CT molecular complexity index is 546. The molecular formula is C19H26O2. The van der Waals surface area contributed by atoms with Gasteiger partial charge in [-0.2, -0.15) is 0 Å². The van der Waals surface area contributed by atoms with Crippen LogP contribution >= 0.6 is 0 Å². The van der Waals surface area contributed by atoms with Crippen LogP contribution in [0.4, 0.5) is 0 Å². The predicted molar refractivity (Wildman–Crippen MR) is 82.6 cm³/mol. The number of allylic oxidation sites excluding steroid dienone is 3. The zero-order chi connectivity index (χ0) is 14.8. The number of hydrogen-bond donors (Lipinski definition) is 1. The van der Waals surface area contributed by atoms with Crippen LogP contribution in [0.25, 0.3) is 0 Å². The highest BCUT2D eigenvalue weighted by Crippen LogP contribution is 2.63. The molecule has 0 radical (unpaired) electrons. The van der Waals surface area contributed by atoms with Crippen molar-refractivity contribution in [1.29, 1.82) is 0 Å². The Morgan fingerprint density at radius 3 is 2.81 bits per heavy atom. The van der Waals surface area contributed by atoms with Crippen molar-refractivity contribution in [2.45, 2.75) is 58.5 Å².